The lowest BCUT2D eigenvalue weighted by Gasteiger charge is -2.24. The molecule has 1 aliphatic rings. The van der Waals surface area contributed by atoms with Crippen LogP contribution in [0.4, 0.5) is 0 Å². The Bertz CT molecular complexity index is 482. The second kappa shape index (κ2) is 4.22. The van der Waals surface area contributed by atoms with Crippen LogP contribution < -0.4 is 5.32 Å². The summed E-state index contributed by atoms with van der Waals surface area (Å²) in [6.45, 7) is 1.14. The highest BCUT2D eigenvalue weighted by atomic mass is 14.9. The number of fused-ring (bicyclic) bond motifs is 1. The third kappa shape index (κ3) is 1.69. The van der Waals surface area contributed by atoms with E-state index in [9.17, 15) is 0 Å². The van der Waals surface area contributed by atoms with E-state index in [4.69, 9.17) is 0 Å². The Morgan fingerprint density at radius 1 is 1.19 bits per heavy atom. The molecule has 82 valence electrons. The predicted molar refractivity (Wildman–Crippen MR) is 66.3 cm³/mol. The van der Waals surface area contributed by atoms with Crippen LogP contribution in [0.25, 0.3) is 10.8 Å². The summed E-state index contributed by atoms with van der Waals surface area (Å²) in [5.74, 6) is 0. The molecule has 1 aromatic carbocycles. The zero-order chi connectivity index (χ0) is 10.8. The number of piperidine rings is 1. The van der Waals surface area contributed by atoms with E-state index in [1.165, 1.54) is 35.6 Å². The first-order valence-electron chi connectivity index (χ1n) is 6.01. The van der Waals surface area contributed by atoms with Crippen LogP contribution in [0.15, 0.2) is 36.7 Å². The summed E-state index contributed by atoms with van der Waals surface area (Å²) in [4.78, 5) is 4.18. The number of hydrogen-bond donors (Lipinski definition) is 1. The van der Waals surface area contributed by atoms with Crippen molar-refractivity contribution in [2.24, 2.45) is 0 Å². The van der Waals surface area contributed by atoms with Gasteiger partial charge in [-0.25, -0.2) is 0 Å². The van der Waals surface area contributed by atoms with E-state index < -0.39 is 0 Å². The van der Waals surface area contributed by atoms with Gasteiger partial charge in [-0.15, -0.1) is 0 Å². The first-order valence-corrected chi connectivity index (χ1v) is 6.01. The summed E-state index contributed by atoms with van der Waals surface area (Å²) in [5.41, 5.74) is 1.43. The molecule has 0 bridgehead atoms. The van der Waals surface area contributed by atoms with Gasteiger partial charge in [0.05, 0.1) is 0 Å². The number of nitrogens with one attached hydrogen (secondary N) is 1. The maximum atomic E-state index is 4.18. The summed E-state index contributed by atoms with van der Waals surface area (Å²) < 4.78 is 0. The SMILES string of the molecule is c1cc(C2CCCCN2)c2ccncc2c1. The topological polar surface area (TPSA) is 24.9 Å². The number of hydrogen-bond acceptors (Lipinski definition) is 2. The number of benzene rings is 1. The molecule has 0 saturated carbocycles. The van der Waals surface area contributed by atoms with Gasteiger partial charge in [-0.3, -0.25) is 4.98 Å². The molecule has 2 nitrogen and oxygen atoms in total. The van der Waals surface area contributed by atoms with Gasteiger partial charge in [-0.05, 0) is 36.4 Å². The van der Waals surface area contributed by atoms with Crippen molar-refractivity contribution in [2.45, 2.75) is 25.3 Å². The lowest BCUT2D eigenvalue weighted by atomic mass is 9.94. The zero-order valence-electron chi connectivity index (χ0n) is 9.32. The van der Waals surface area contributed by atoms with Gasteiger partial charge in [0, 0.05) is 23.8 Å². The van der Waals surface area contributed by atoms with Crippen molar-refractivity contribution in [3.05, 3.63) is 42.2 Å². The lowest BCUT2D eigenvalue weighted by molar-refractivity contribution is 0.414. The van der Waals surface area contributed by atoms with Crippen LogP contribution in [-0.2, 0) is 0 Å². The summed E-state index contributed by atoms with van der Waals surface area (Å²) in [6.07, 6.45) is 7.72. The van der Waals surface area contributed by atoms with E-state index in [1.54, 1.807) is 0 Å². The van der Waals surface area contributed by atoms with E-state index >= 15 is 0 Å². The third-order valence-electron chi connectivity index (χ3n) is 3.40. The van der Waals surface area contributed by atoms with Crippen LogP contribution in [0.5, 0.6) is 0 Å². The molecule has 0 aliphatic carbocycles. The average Bonchev–Trinajstić information content (AvgIpc) is 2.39. The highest BCUT2D eigenvalue weighted by molar-refractivity contribution is 5.85. The van der Waals surface area contributed by atoms with Crippen LogP contribution >= 0.6 is 0 Å². The summed E-state index contributed by atoms with van der Waals surface area (Å²) >= 11 is 0. The maximum absolute atomic E-state index is 4.18. The zero-order valence-corrected chi connectivity index (χ0v) is 9.32. The van der Waals surface area contributed by atoms with Crippen molar-refractivity contribution >= 4 is 10.8 Å². The highest BCUT2D eigenvalue weighted by Crippen LogP contribution is 2.28. The Kier molecular flexibility index (Phi) is 2.58. The van der Waals surface area contributed by atoms with Gasteiger partial charge in [0.15, 0.2) is 0 Å². The monoisotopic (exact) mass is 212 g/mol. The van der Waals surface area contributed by atoms with Crippen LogP contribution in [0.3, 0.4) is 0 Å². The van der Waals surface area contributed by atoms with E-state index in [1.807, 2.05) is 12.4 Å². The van der Waals surface area contributed by atoms with Crippen molar-refractivity contribution in [3.8, 4) is 0 Å². The molecule has 0 radical (unpaired) electrons. The number of rotatable bonds is 1. The molecule has 0 amide bonds. The van der Waals surface area contributed by atoms with Gasteiger partial charge in [0.1, 0.15) is 0 Å². The molecule has 1 aliphatic heterocycles. The van der Waals surface area contributed by atoms with Gasteiger partial charge in [0.25, 0.3) is 0 Å². The molecule has 1 unspecified atom stereocenters. The molecule has 1 saturated heterocycles. The standard InChI is InChI=1S/C14H16N2/c1-2-8-16-14(6-1)13-5-3-4-11-10-15-9-7-12(11)13/h3-5,7,9-10,14,16H,1-2,6,8H2. The fourth-order valence-corrected chi connectivity index (χ4v) is 2.57. The van der Waals surface area contributed by atoms with Gasteiger partial charge in [-0.1, -0.05) is 24.6 Å². The van der Waals surface area contributed by atoms with Crippen LogP contribution in [0.1, 0.15) is 30.9 Å². The quantitative estimate of drug-likeness (QED) is 0.786. The first-order chi connectivity index (χ1) is 7.95. The molecule has 1 aromatic heterocycles. The predicted octanol–water partition coefficient (Wildman–Crippen LogP) is 3.05. The van der Waals surface area contributed by atoms with Gasteiger partial charge in [0.2, 0.25) is 0 Å². The molecular weight excluding hydrogens is 196 g/mol. The summed E-state index contributed by atoms with van der Waals surface area (Å²) in [5, 5.41) is 6.19. The molecule has 0 spiro atoms. The summed E-state index contributed by atoms with van der Waals surface area (Å²) in [7, 11) is 0. The second-order valence-electron chi connectivity index (χ2n) is 4.45. The van der Waals surface area contributed by atoms with Gasteiger partial charge >= 0.3 is 0 Å². The van der Waals surface area contributed by atoms with Crippen molar-refractivity contribution < 1.29 is 0 Å². The molecule has 1 fully saturated rings. The smallest absolute Gasteiger partial charge is 0.0346 e. The molecule has 3 rings (SSSR count). The molecule has 1 atom stereocenters. The molecule has 2 heteroatoms. The minimum atomic E-state index is 0.528. The second-order valence-corrected chi connectivity index (χ2v) is 4.45. The Labute approximate surface area is 95.7 Å². The van der Waals surface area contributed by atoms with Crippen molar-refractivity contribution in [1.82, 2.24) is 10.3 Å². The average molecular weight is 212 g/mol. The number of aromatic nitrogens is 1. The Morgan fingerprint density at radius 2 is 2.19 bits per heavy atom. The van der Waals surface area contributed by atoms with E-state index in [0.29, 0.717) is 6.04 Å². The minimum absolute atomic E-state index is 0.528. The molecular formula is C14H16N2. The van der Waals surface area contributed by atoms with Crippen LogP contribution in [0, 0.1) is 0 Å². The van der Waals surface area contributed by atoms with Crippen molar-refractivity contribution in [1.29, 1.82) is 0 Å². The van der Waals surface area contributed by atoms with Crippen LogP contribution in [0.2, 0.25) is 0 Å². The van der Waals surface area contributed by atoms with Crippen molar-refractivity contribution in [2.75, 3.05) is 6.54 Å². The van der Waals surface area contributed by atoms with Gasteiger partial charge < -0.3 is 5.32 Å². The highest BCUT2D eigenvalue weighted by Gasteiger charge is 2.16. The van der Waals surface area contributed by atoms with Crippen LogP contribution in [-0.4, -0.2) is 11.5 Å². The van der Waals surface area contributed by atoms with E-state index in [2.05, 4.69) is 34.6 Å². The molecule has 1 N–H and O–H groups in total. The van der Waals surface area contributed by atoms with E-state index in [0.717, 1.165) is 6.54 Å². The normalized spacial score (nSPS) is 21.1. The lowest BCUT2D eigenvalue weighted by Crippen LogP contribution is -2.26. The fraction of sp³-hybridized carbons (Fsp3) is 0.357. The first kappa shape index (κ1) is 9.79. The maximum Gasteiger partial charge on any atom is 0.0346 e. The number of nitrogens with zero attached hydrogens (tertiary/aromatic N) is 1. The Hall–Kier alpha value is -1.41. The Balaban J connectivity index is 2.08. The van der Waals surface area contributed by atoms with Crippen molar-refractivity contribution in [3.63, 3.8) is 0 Å². The number of pyridine rings is 1. The molecule has 2 heterocycles. The minimum Gasteiger partial charge on any atom is -0.310 e. The van der Waals surface area contributed by atoms with Gasteiger partial charge in [-0.2, -0.15) is 0 Å². The fourth-order valence-electron chi connectivity index (χ4n) is 2.57. The summed E-state index contributed by atoms with van der Waals surface area (Å²) in [6, 6.07) is 9.16. The largest absolute Gasteiger partial charge is 0.310 e. The third-order valence-corrected chi connectivity index (χ3v) is 3.40. The van der Waals surface area contributed by atoms with E-state index in [-0.39, 0.29) is 0 Å². The Morgan fingerprint density at radius 3 is 3.06 bits per heavy atom. The molecule has 2 aromatic rings. The molecule has 16 heavy (non-hydrogen) atoms.